The number of piperidine rings is 1. The maximum atomic E-state index is 13.3. The first-order valence-corrected chi connectivity index (χ1v) is 8.13. The predicted molar refractivity (Wildman–Crippen MR) is 83.7 cm³/mol. The smallest absolute Gasteiger partial charge is 0.125 e. The fraction of sp³-hybridized carbons (Fsp3) is 0.588. The van der Waals surface area contributed by atoms with Crippen molar-refractivity contribution in [1.82, 2.24) is 14.9 Å². The van der Waals surface area contributed by atoms with Gasteiger partial charge in [-0.15, -0.1) is 0 Å². The second-order valence-electron chi connectivity index (χ2n) is 6.00. The van der Waals surface area contributed by atoms with E-state index in [0.717, 1.165) is 29.8 Å². The second-order valence-corrected chi connectivity index (χ2v) is 6.00. The Bertz CT molecular complexity index is 607. The predicted octanol–water partition coefficient (Wildman–Crippen LogP) is 4.42. The quantitative estimate of drug-likeness (QED) is 0.903. The fourth-order valence-corrected chi connectivity index (χ4v) is 3.62. The van der Waals surface area contributed by atoms with Crippen LogP contribution in [0.15, 0.2) is 18.2 Å². The molecule has 1 saturated heterocycles. The number of aromatic amines is 1. The highest BCUT2D eigenvalue weighted by molar-refractivity contribution is 5.75. The maximum absolute atomic E-state index is 13.3. The van der Waals surface area contributed by atoms with Gasteiger partial charge >= 0.3 is 0 Å². The molecule has 1 N–H and O–H groups in total. The van der Waals surface area contributed by atoms with E-state index in [9.17, 15) is 4.39 Å². The van der Waals surface area contributed by atoms with Crippen LogP contribution >= 0.6 is 0 Å². The van der Waals surface area contributed by atoms with E-state index in [-0.39, 0.29) is 5.82 Å². The number of aromatic nitrogens is 2. The molecule has 4 heteroatoms. The molecule has 1 aliphatic heterocycles. The summed E-state index contributed by atoms with van der Waals surface area (Å²) in [4.78, 5) is 10.6. The van der Waals surface area contributed by atoms with E-state index < -0.39 is 0 Å². The minimum Gasteiger partial charge on any atom is -0.341 e. The van der Waals surface area contributed by atoms with Crippen molar-refractivity contribution >= 4 is 11.0 Å². The summed E-state index contributed by atoms with van der Waals surface area (Å²) in [7, 11) is 0. The van der Waals surface area contributed by atoms with Gasteiger partial charge in [0.1, 0.15) is 11.6 Å². The van der Waals surface area contributed by atoms with Gasteiger partial charge < -0.3 is 4.98 Å². The summed E-state index contributed by atoms with van der Waals surface area (Å²) in [6.45, 7) is 5.62. The van der Waals surface area contributed by atoms with Crippen LogP contribution in [-0.4, -0.2) is 27.5 Å². The highest BCUT2D eigenvalue weighted by Crippen LogP contribution is 2.31. The van der Waals surface area contributed by atoms with Crippen molar-refractivity contribution < 1.29 is 4.39 Å². The first kappa shape index (κ1) is 14.5. The molecule has 2 aromatic rings. The van der Waals surface area contributed by atoms with E-state index in [4.69, 9.17) is 4.98 Å². The maximum Gasteiger partial charge on any atom is 0.125 e. The lowest BCUT2D eigenvalue weighted by Gasteiger charge is -2.39. The van der Waals surface area contributed by atoms with Gasteiger partial charge in [0.25, 0.3) is 0 Å². The third kappa shape index (κ3) is 2.82. The number of H-pyrrole nitrogens is 1. The Morgan fingerprint density at radius 1 is 1.38 bits per heavy atom. The van der Waals surface area contributed by atoms with E-state index in [0.29, 0.717) is 12.1 Å². The Hall–Kier alpha value is -1.42. The van der Waals surface area contributed by atoms with Crippen LogP contribution in [0.2, 0.25) is 0 Å². The van der Waals surface area contributed by atoms with Crippen LogP contribution in [-0.2, 0) is 0 Å². The summed E-state index contributed by atoms with van der Waals surface area (Å²) in [5.74, 6) is 0.772. The molecule has 1 fully saturated rings. The molecule has 2 unspecified atom stereocenters. The molecule has 3 nitrogen and oxygen atoms in total. The Labute approximate surface area is 125 Å². The first-order chi connectivity index (χ1) is 10.2. The average molecular weight is 289 g/mol. The number of hydrogen-bond acceptors (Lipinski definition) is 2. The van der Waals surface area contributed by atoms with Crippen molar-refractivity contribution in [2.24, 2.45) is 0 Å². The summed E-state index contributed by atoms with van der Waals surface area (Å²) < 4.78 is 13.3. The number of nitrogens with zero attached hydrogens (tertiary/aromatic N) is 2. The standard InChI is InChI=1S/C17H24FN3/c1-3-13-7-5-6-10-21(13)16(4-2)17-19-14-9-8-12(18)11-15(14)20-17/h8-9,11,13,16H,3-7,10H2,1-2H3,(H,19,20). The van der Waals surface area contributed by atoms with Crippen LogP contribution < -0.4 is 0 Å². The molecule has 2 heterocycles. The Balaban J connectivity index is 1.93. The molecule has 1 aromatic carbocycles. The summed E-state index contributed by atoms with van der Waals surface area (Å²) in [5, 5.41) is 0. The van der Waals surface area contributed by atoms with Crippen molar-refractivity contribution in [3.8, 4) is 0 Å². The SMILES string of the molecule is CCC1CCCCN1C(CC)c1nc2ccc(F)cc2[nH]1. The van der Waals surface area contributed by atoms with Gasteiger partial charge in [-0.1, -0.05) is 20.3 Å². The number of nitrogens with one attached hydrogen (secondary N) is 1. The number of likely N-dealkylation sites (tertiary alicyclic amines) is 1. The third-order valence-corrected chi connectivity index (χ3v) is 4.71. The van der Waals surface area contributed by atoms with Crippen molar-refractivity contribution in [3.63, 3.8) is 0 Å². The molecular formula is C17H24FN3. The molecule has 114 valence electrons. The zero-order valence-electron chi connectivity index (χ0n) is 12.9. The Morgan fingerprint density at radius 3 is 3.00 bits per heavy atom. The minimum atomic E-state index is -0.213. The largest absolute Gasteiger partial charge is 0.341 e. The lowest BCUT2D eigenvalue weighted by molar-refractivity contribution is 0.0848. The number of imidazole rings is 1. The van der Waals surface area contributed by atoms with E-state index in [1.54, 1.807) is 6.07 Å². The molecule has 0 aliphatic carbocycles. The van der Waals surface area contributed by atoms with Crippen molar-refractivity contribution in [3.05, 3.63) is 29.8 Å². The van der Waals surface area contributed by atoms with E-state index in [1.165, 1.54) is 37.8 Å². The van der Waals surface area contributed by atoms with Crippen LogP contribution in [0.4, 0.5) is 4.39 Å². The number of hydrogen-bond donors (Lipinski definition) is 1. The summed E-state index contributed by atoms with van der Waals surface area (Å²) in [5.41, 5.74) is 1.66. The van der Waals surface area contributed by atoms with Crippen LogP contribution in [0.25, 0.3) is 11.0 Å². The lowest BCUT2D eigenvalue weighted by atomic mass is 9.96. The van der Waals surface area contributed by atoms with Gasteiger partial charge in [-0.2, -0.15) is 0 Å². The molecule has 21 heavy (non-hydrogen) atoms. The van der Waals surface area contributed by atoms with Gasteiger partial charge in [-0.25, -0.2) is 9.37 Å². The Morgan fingerprint density at radius 2 is 2.24 bits per heavy atom. The number of fused-ring (bicyclic) bond motifs is 1. The monoisotopic (exact) mass is 289 g/mol. The molecule has 3 rings (SSSR count). The van der Waals surface area contributed by atoms with Crippen molar-refractivity contribution in [2.45, 2.75) is 58.0 Å². The zero-order chi connectivity index (χ0) is 14.8. The Kier molecular flexibility index (Phi) is 4.24. The molecule has 0 saturated carbocycles. The normalized spacial score (nSPS) is 21.8. The fourth-order valence-electron chi connectivity index (χ4n) is 3.62. The highest BCUT2D eigenvalue weighted by Gasteiger charge is 2.29. The minimum absolute atomic E-state index is 0.213. The molecule has 1 aromatic heterocycles. The van der Waals surface area contributed by atoms with Gasteiger partial charge in [0.15, 0.2) is 0 Å². The number of benzene rings is 1. The molecule has 0 amide bonds. The number of halogens is 1. The number of rotatable bonds is 4. The molecule has 1 aliphatic rings. The molecule has 2 atom stereocenters. The highest BCUT2D eigenvalue weighted by atomic mass is 19.1. The van der Waals surface area contributed by atoms with Crippen molar-refractivity contribution in [2.75, 3.05) is 6.54 Å². The van der Waals surface area contributed by atoms with Crippen LogP contribution in [0.5, 0.6) is 0 Å². The summed E-state index contributed by atoms with van der Waals surface area (Å²) >= 11 is 0. The van der Waals surface area contributed by atoms with Gasteiger partial charge in [-0.3, -0.25) is 4.90 Å². The van der Waals surface area contributed by atoms with Crippen LogP contribution in [0, 0.1) is 5.82 Å². The summed E-state index contributed by atoms with van der Waals surface area (Å²) in [6.07, 6.45) is 6.09. The van der Waals surface area contributed by atoms with Crippen LogP contribution in [0.3, 0.4) is 0 Å². The van der Waals surface area contributed by atoms with E-state index in [2.05, 4.69) is 23.7 Å². The summed E-state index contributed by atoms with van der Waals surface area (Å²) in [6, 6.07) is 5.72. The molecule has 0 bridgehead atoms. The second kappa shape index (κ2) is 6.14. The topological polar surface area (TPSA) is 31.9 Å². The van der Waals surface area contributed by atoms with Gasteiger partial charge in [-0.05, 0) is 50.4 Å². The van der Waals surface area contributed by atoms with E-state index >= 15 is 0 Å². The van der Waals surface area contributed by atoms with E-state index in [1.807, 2.05) is 0 Å². The van der Waals surface area contributed by atoms with Gasteiger partial charge in [0, 0.05) is 6.04 Å². The first-order valence-electron chi connectivity index (χ1n) is 8.13. The molecule has 0 radical (unpaired) electrons. The molecular weight excluding hydrogens is 265 g/mol. The van der Waals surface area contributed by atoms with Gasteiger partial charge in [0.2, 0.25) is 0 Å². The molecule has 0 spiro atoms. The lowest BCUT2D eigenvalue weighted by Crippen LogP contribution is -2.41. The zero-order valence-corrected chi connectivity index (χ0v) is 12.9. The average Bonchev–Trinajstić information content (AvgIpc) is 2.91. The van der Waals surface area contributed by atoms with Crippen molar-refractivity contribution in [1.29, 1.82) is 0 Å². The third-order valence-electron chi connectivity index (χ3n) is 4.71. The van der Waals surface area contributed by atoms with Crippen LogP contribution in [0.1, 0.15) is 57.8 Å². The van der Waals surface area contributed by atoms with Gasteiger partial charge in [0.05, 0.1) is 17.1 Å².